The average molecular weight is 246 g/mol. The monoisotopic (exact) mass is 246 g/mol. The van der Waals surface area contributed by atoms with Gasteiger partial charge in [-0.25, -0.2) is 0 Å². The molecule has 2 heterocycles. The summed E-state index contributed by atoms with van der Waals surface area (Å²) in [6.45, 7) is 1.17. The fourth-order valence-electron chi connectivity index (χ4n) is 1.92. The molecule has 0 spiro atoms. The van der Waals surface area contributed by atoms with Gasteiger partial charge in [0, 0.05) is 24.9 Å². The zero-order chi connectivity index (χ0) is 12.5. The van der Waals surface area contributed by atoms with Gasteiger partial charge in [0.2, 0.25) is 0 Å². The Kier molecular flexibility index (Phi) is 3.09. The predicted molar refractivity (Wildman–Crippen MR) is 55.4 cm³/mol. The minimum Gasteiger partial charge on any atom is -0.388 e. The summed E-state index contributed by atoms with van der Waals surface area (Å²) < 4.78 is 36.9. The molecule has 0 bridgehead atoms. The summed E-state index contributed by atoms with van der Waals surface area (Å²) in [5, 5.41) is 13.1. The van der Waals surface area contributed by atoms with Crippen molar-refractivity contribution in [2.45, 2.75) is 24.6 Å². The highest BCUT2D eigenvalue weighted by Gasteiger charge is 2.33. The summed E-state index contributed by atoms with van der Waals surface area (Å²) in [4.78, 5) is 3.75. The number of rotatable bonds is 2. The summed E-state index contributed by atoms with van der Waals surface area (Å²) in [7, 11) is 0. The van der Waals surface area contributed by atoms with Crippen molar-refractivity contribution in [2.24, 2.45) is 0 Å². The third kappa shape index (κ3) is 2.95. The molecule has 17 heavy (non-hydrogen) atoms. The van der Waals surface area contributed by atoms with Crippen LogP contribution in [0.1, 0.15) is 17.7 Å². The van der Waals surface area contributed by atoms with Crippen LogP contribution < -0.4 is 5.32 Å². The van der Waals surface area contributed by atoms with Gasteiger partial charge >= 0.3 is 6.18 Å². The number of alkyl halides is 3. The van der Waals surface area contributed by atoms with Crippen LogP contribution >= 0.6 is 0 Å². The molecule has 0 radical (unpaired) electrons. The smallest absolute Gasteiger partial charge is 0.388 e. The summed E-state index contributed by atoms with van der Waals surface area (Å²) >= 11 is 0. The first-order valence-electron chi connectivity index (χ1n) is 5.34. The molecule has 2 rings (SSSR count). The summed E-state index contributed by atoms with van der Waals surface area (Å²) in [6, 6.07) is 2.31. The molecular weight excluding hydrogens is 233 g/mol. The topological polar surface area (TPSA) is 45.2 Å². The van der Waals surface area contributed by atoms with Crippen LogP contribution in [0.3, 0.4) is 0 Å². The first kappa shape index (κ1) is 12.3. The third-order valence-corrected chi connectivity index (χ3v) is 2.88. The highest BCUT2D eigenvalue weighted by molar-refractivity contribution is 5.18. The van der Waals surface area contributed by atoms with Crippen molar-refractivity contribution in [3.05, 3.63) is 29.6 Å². The molecule has 2 N–H and O–H groups in total. The van der Waals surface area contributed by atoms with E-state index in [-0.39, 0.29) is 6.42 Å². The predicted octanol–water partition coefficient (Wildman–Crippen LogP) is 1.37. The Hall–Kier alpha value is -1.14. The zero-order valence-corrected chi connectivity index (χ0v) is 9.09. The first-order chi connectivity index (χ1) is 7.89. The van der Waals surface area contributed by atoms with Gasteiger partial charge in [0.1, 0.15) is 0 Å². The van der Waals surface area contributed by atoms with Crippen LogP contribution in [0, 0.1) is 0 Å². The van der Waals surface area contributed by atoms with Crippen LogP contribution in [0.15, 0.2) is 18.3 Å². The molecule has 1 aliphatic rings. The second-order valence-electron chi connectivity index (χ2n) is 4.36. The molecule has 6 heteroatoms. The van der Waals surface area contributed by atoms with Crippen LogP contribution in [0.25, 0.3) is 0 Å². The minimum atomic E-state index is -4.36. The van der Waals surface area contributed by atoms with E-state index in [2.05, 4.69) is 10.3 Å². The van der Waals surface area contributed by atoms with Crippen molar-refractivity contribution in [3.8, 4) is 0 Å². The van der Waals surface area contributed by atoms with Crippen molar-refractivity contribution >= 4 is 0 Å². The van der Waals surface area contributed by atoms with Gasteiger partial charge in [0.25, 0.3) is 0 Å². The van der Waals surface area contributed by atoms with Crippen molar-refractivity contribution in [2.75, 3.05) is 13.1 Å². The molecular formula is C11H13F3N2O. The lowest BCUT2D eigenvalue weighted by molar-refractivity contribution is -0.137. The molecule has 0 saturated carbocycles. The van der Waals surface area contributed by atoms with Crippen LogP contribution in [0.4, 0.5) is 13.2 Å². The second kappa shape index (κ2) is 4.27. The van der Waals surface area contributed by atoms with Gasteiger partial charge in [-0.3, -0.25) is 4.98 Å². The van der Waals surface area contributed by atoms with Crippen LogP contribution in [0.5, 0.6) is 0 Å². The molecule has 94 valence electrons. The van der Waals surface area contributed by atoms with Gasteiger partial charge in [-0.2, -0.15) is 13.2 Å². The molecule has 1 aromatic rings. The Morgan fingerprint density at radius 2 is 2.18 bits per heavy atom. The molecule has 0 amide bonds. The fraction of sp³-hybridized carbons (Fsp3) is 0.545. The van der Waals surface area contributed by atoms with E-state index < -0.39 is 17.3 Å². The summed E-state index contributed by atoms with van der Waals surface area (Å²) in [6.07, 6.45) is -2.69. The minimum absolute atomic E-state index is 0.276. The Morgan fingerprint density at radius 3 is 2.65 bits per heavy atom. The SMILES string of the molecule is OC1(Cc2ccc(C(F)(F)F)cn2)CCNC1. The second-order valence-corrected chi connectivity index (χ2v) is 4.36. The number of aliphatic hydroxyl groups is 1. The lowest BCUT2D eigenvalue weighted by Crippen LogP contribution is -2.34. The largest absolute Gasteiger partial charge is 0.417 e. The number of hydrogen-bond donors (Lipinski definition) is 2. The molecule has 0 aromatic carbocycles. The standard InChI is InChI=1S/C11H13F3N2O/c12-11(13,14)8-1-2-9(16-6-8)5-10(17)3-4-15-7-10/h1-2,6,15,17H,3-5,7H2. The summed E-state index contributed by atoms with van der Waals surface area (Å²) in [5.74, 6) is 0. The lowest BCUT2D eigenvalue weighted by Gasteiger charge is -2.20. The molecule has 0 aliphatic carbocycles. The van der Waals surface area contributed by atoms with Crippen LogP contribution in [0.2, 0.25) is 0 Å². The van der Waals surface area contributed by atoms with Crippen molar-refractivity contribution in [1.82, 2.24) is 10.3 Å². The molecule has 3 nitrogen and oxygen atoms in total. The lowest BCUT2D eigenvalue weighted by atomic mass is 9.96. The van der Waals surface area contributed by atoms with E-state index in [9.17, 15) is 18.3 Å². The Morgan fingerprint density at radius 1 is 1.41 bits per heavy atom. The van der Waals surface area contributed by atoms with E-state index in [4.69, 9.17) is 0 Å². The zero-order valence-electron chi connectivity index (χ0n) is 9.09. The Labute approximate surface area is 96.7 Å². The fourth-order valence-corrected chi connectivity index (χ4v) is 1.92. The van der Waals surface area contributed by atoms with Gasteiger partial charge < -0.3 is 10.4 Å². The molecule has 1 fully saturated rings. The Bertz CT molecular complexity index is 383. The quantitative estimate of drug-likeness (QED) is 0.828. The average Bonchev–Trinajstić information content (AvgIpc) is 2.64. The number of hydrogen-bond acceptors (Lipinski definition) is 3. The van der Waals surface area contributed by atoms with Gasteiger partial charge in [-0.15, -0.1) is 0 Å². The number of aromatic nitrogens is 1. The van der Waals surface area contributed by atoms with E-state index in [1.807, 2.05) is 0 Å². The van der Waals surface area contributed by atoms with E-state index in [1.54, 1.807) is 0 Å². The van der Waals surface area contributed by atoms with Crippen LogP contribution in [-0.4, -0.2) is 28.8 Å². The van der Waals surface area contributed by atoms with Gasteiger partial charge in [0.05, 0.1) is 11.2 Å². The van der Waals surface area contributed by atoms with Gasteiger partial charge in [-0.1, -0.05) is 0 Å². The summed E-state index contributed by atoms with van der Waals surface area (Å²) in [5.41, 5.74) is -1.17. The van der Waals surface area contributed by atoms with E-state index in [1.165, 1.54) is 6.07 Å². The van der Waals surface area contributed by atoms with Gasteiger partial charge in [0.15, 0.2) is 0 Å². The van der Waals surface area contributed by atoms with Crippen molar-refractivity contribution < 1.29 is 18.3 Å². The maximum atomic E-state index is 12.3. The maximum Gasteiger partial charge on any atom is 0.417 e. The van der Waals surface area contributed by atoms with E-state index >= 15 is 0 Å². The number of halogens is 3. The first-order valence-corrected chi connectivity index (χ1v) is 5.34. The normalized spacial score (nSPS) is 25.2. The Balaban J connectivity index is 2.08. The number of β-amino-alcohol motifs (C(OH)–C–C–N with tert-alkyl or cyclic N) is 1. The number of nitrogens with one attached hydrogen (secondary N) is 1. The number of nitrogens with zero attached hydrogens (tertiary/aromatic N) is 1. The maximum absolute atomic E-state index is 12.3. The van der Waals surface area contributed by atoms with E-state index in [0.29, 0.717) is 18.7 Å². The molecule has 1 aromatic heterocycles. The third-order valence-electron chi connectivity index (χ3n) is 2.88. The molecule has 1 saturated heterocycles. The highest BCUT2D eigenvalue weighted by Crippen LogP contribution is 2.29. The van der Waals surface area contributed by atoms with Gasteiger partial charge in [-0.05, 0) is 25.1 Å². The van der Waals surface area contributed by atoms with E-state index in [0.717, 1.165) is 18.8 Å². The van der Waals surface area contributed by atoms with Crippen molar-refractivity contribution in [1.29, 1.82) is 0 Å². The molecule has 1 aliphatic heterocycles. The molecule has 1 atom stereocenters. The van der Waals surface area contributed by atoms with Crippen molar-refractivity contribution in [3.63, 3.8) is 0 Å². The molecule has 1 unspecified atom stereocenters. The number of pyridine rings is 1. The highest BCUT2D eigenvalue weighted by atomic mass is 19.4. The van der Waals surface area contributed by atoms with Crippen LogP contribution in [-0.2, 0) is 12.6 Å².